The fourth-order valence-electron chi connectivity index (χ4n) is 1.57. The van der Waals surface area contributed by atoms with Crippen LogP contribution in [0.5, 0.6) is 0 Å². The normalized spacial score (nSPS) is 12.4. The summed E-state index contributed by atoms with van der Waals surface area (Å²) in [6.07, 6.45) is 0. The second kappa shape index (κ2) is 6.35. The van der Waals surface area contributed by atoms with Gasteiger partial charge in [-0.05, 0) is 34.8 Å². The van der Waals surface area contributed by atoms with Crippen molar-refractivity contribution in [3.05, 3.63) is 15.9 Å². The highest BCUT2D eigenvalue weighted by atomic mass is 79.9. The van der Waals surface area contributed by atoms with Crippen molar-refractivity contribution in [2.24, 2.45) is 0 Å². The van der Waals surface area contributed by atoms with Crippen LogP contribution in [0.2, 0.25) is 25.7 Å². The quantitative estimate of drug-likeness (QED) is 0.570. The molecule has 0 N–H and O–H groups in total. The molecule has 0 unspecified atom stereocenters. The van der Waals surface area contributed by atoms with Crippen LogP contribution in [0.3, 0.4) is 0 Å². The summed E-state index contributed by atoms with van der Waals surface area (Å²) in [5.74, 6) is 0.432. The Morgan fingerprint density at radius 3 is 2.39 bits per heavy atom. The van der Waals surface area contributed by atoms with E-state index in [1.165, 1.54) is 6.04 Å². The summed E-state index contributed by atoms with van der Waals surface area (Å²) in [5.41, 5.74) is 2.26. The van der Waals surface area contributed by atoms with Crippen LogP contribution in [0.25, 0.3) is 0 Å². The van der Waals surface area contributed by atoms with E-state index in [0.29, 0.717) is 12.6 Å². The van der Waals surface area contributed by atoms with Gasteiger partial charge in [0.05, 0.1) is 15.9 Å². The number of ether oxygens (including phenoxy) is 1. The van der Waals surface area contributed by atoms with Crippen molar-refractivity contribution in [1.29, 1.82) is 0 Å². The summed E-state index contributed by atoms with van der Waals surface area (Å²) in [5, 5.41) is 4.60. The minimum Gasteiger partial charge on any atom is -0.360 e. The largest absolute Gasteiger partial charge is 0.360 e. The maximum absolute atomic E-state index is 5.74. The van der Waals surface area contributed by atoms with Gasteiger partial charge in [-0.15, -0.1) is 0 Å². The monoisotopic (exact) mass is 332 g/mol. The maximum atomic E-state index is 5.74. The minimum absolute atomic E-state index is 0.432. The van der Waals surface area contributed by atoms with E-state index in [0.717, 1.165) is 22.5 Å². The average molecular weight is 333 g/mol. The minimum atomic E-state index is -0.997. The van der Waals surface area contributed by atoms with Gasteiger partial charge in [-0.3, -0.25) is 0 Å². The first kappa shape index (κ1) is 15.9. The highest BCUT2D eigenvalue weighted by Crippen LogP contribution is 2.26. The van der Waals surface area contributed by atoms with Gasteiger partial charge in [-0.25, -0.2) is 4.68 Å². The van der Waals surface area contributed by atoms with Gasteiger partial charge >= 0.3 is 0 Å². The summed E-state index contributed by atoms with van der Waals surface area (Å²) >= 11 is 3.61. The van der Waals surface area contributed by atoms with E-state index in [1.807, 2.05) is 4.68 Å². The predicted molar refractivity (Wildman–Crippen MR) is 82.9 cm³/mol. The molecule has 0 aliphatic rings. The molecule has 1 aromatic rings. The van der Waals surface area contributed by atoms with Crippen LogP contribution in [0.4, 0.5) is 0 Å². The third kappa shape index (κ3) is 4.52. The molecule has 18 heavy (non-hydrogen) atoms. The van der Waals surface area contributed by atoms with Crippen molar-refractivity contribution in [1.82, 2.24) is 9.78 Å². The van der Waals surface area contributed by atoms with Crippen LogP contribution in [-0.4, -0.2) is 24.5 Å². The van der Waals surface area contributed by atoms with Gasteiger partial charge < -0.3 is 4.74 Å². The van der Waals surface area contributed by atoms with E-state index < -0.39 is 8.07 Å². The number of halogens is 1. The topological polar surface area (TPSA) is 27.1 Å². The number of rotatable bonds is 6. The van der Waals surface area contributed by atoms with Gasteiger partial charge in [0.25, 0.3) is 0 Å². The van der Waals surface area contributed by atoms with Gasteiger partial charge in [0.15, 0.2) is 0 Å². The molecule has 1 aromatic heterocycles. The van der Waals surface area contributed by atoms with Crippen LogP contribution >= 0.6 is 15.9 Å². The van der Waals surface area contributed by atoms with Crippen LogP contribution in [-0.2, 0) is 11.5 Å². The van der Waals surface area contributed by atoms with Gasteiger partial charge in [0, 0.05) is 14.7 Å². The van der Waals surface area contributed by atoms with Crippen molar-refractivity contribution in [2.45, 2.75) is 59.1 Å². The second-order valence-corrected chi connectivity index (χ2v) is 12.7. The molecule has 0 fully saturated rings. The molecule has 104 valence electrons. The van der Waals surface area contributed by atoms with Crippen LogP contribution < -0.4 is 0 Å². The Labute approximate surface area is 120 Å². The first-order valence-electron chi connectivity index (χ1n) is 6.53. The van der Waals surface area contributed by atoms with Gasteiger partial charge in [-0.2, -0.15) is 5.10 Å². The molecule has 0 spiro atoms. The number of aromatic nitrogens is 2. The van der Waals surface area contributed by atoms with Crippen molar-refractivity contribution in [3.8, 4) is 0 Å². The first-order valence-corrected chi connectivity index (χ1v) is 11.0. The smallest absolute Gasteiger partial charge is 0.139 e. The number of hydrogen-bond acceptors (Lipinski definition) is 2. The third-order valence-corrected chi connectivity index (χ3v) is 5.60. The Kier molecular flexibility index (Phi) is 5.61. The lowest BCUT2D eigenvalue weighted by Gasteiger charge is -2.15. The van der Waals surface area contributed by atoms with Crippen molar-refractivity contribution in [3.63, 3.8) is 0 Å². The van der Waals surface area contributed by atoms with Gasteiger partial charge in [0.2, 0.25) is 0 Å². The molecule has 1 rings (SSSR count). The summed E-state index contributed by atoms with van der Waals surface area (Å²) in [6, 6.07) is 1.20. The molecule has 0 atom stereocenters. The molecule has 0 aliphatic heterocycles. The fourth-order valence-corrected chi connectivity index (χ4v) is 3.07. The fraction of sp³-hybridized carbons (Fsp3) is 0.769. The zero-order chi connectivity index (χ0) is 13.9. The lowest BCUT2D eigenvalue weighted by atomic mass is 10.1. The summed E-state index contributed by atoms with van der Waals surface area (Å²) in [6.45, 7) is 14.9. The molecule has 0 saturated carbocycles. The highest BCUT2D eigenvalue weighted by molar-refractivity contribution is 9.10. The Hall–Kier alpha value is -0.133. The second-order valence-electron chi connectivity index (χ2n) is 6.29. The van der Waals surface area contributed by atoms with Crippen molar-refractivity contribution < 1.29 is 4.74 Å². The summed E-state index contributed by atoms with van der Waals surface area (Å²) < 4.78 is 8.80. The summed E-state index contributed by atoms with van der Waals surface area (Å²) in [7, 11) is -0.997. The van der Waals surface area contributed by atoms with Crippen LogP contribution in [0, 0.1) is 6.92 Å². The van der Waals surface area contributed by atoms with Crippen molar-refractivity contribution in [2.75, 3.05) is 6.61 Å². The molecular weight excluding hydrogens is 308 g/mol. The number of nitrogens with zero attached hydrogens (tertiary/aromatic N) is 2. The zero-order valence-electron chi connectivity index (χ0n) is 12.4. The van der Waals surface area contributed by atoms with E-state index in [-0.39, 0.29) is 0 Å². The molecule has 0 saturated heterocycles. The molecule has 1 heterocycles. The molecule has 0 amide bonds. The van der Waals surface area contributed by atoms with E-state index >= 15 is 0 Å². The molecule has 3 nitrogen and oxygen atoms in total. The Morgan fingerprint density at radius 1 is 1.33 bits per heavy atom. The van der Waals surface area contributed by atoms with E-state index in [9.17, 15) is 0 Å². The lowest BCUT2D eigenvalue weighted by molar-refractivity contribution is 0.0767. The standard InChI is InChI=1S/C13H25BrN2OSi/c1-10(2)13-12(14)11(3)16(15-13)9-17-7-8-18(4,5)6/h10H,7-9H2,1-6H3. The molecule has 0 bridgehead atoms. The zero-order valence-corrected chi connectivity index (χ0v) is 15.0. The maximum Gasteiger partial charge on any atom is 0.139 e. The average Bonchev–Trinajstić information content (AvgIpc) is 2.51. The third-order valence-electron chi connectivity index (χ3n) is 2.91. The van der Waals surface area contributed by atoms with Crippen molar-refractivity contribution >= 4 is 24.0 Å². The molecule has 0 radical (unpaired) electrons. The predicted octanol–water partition coefficient (Wildman–Crippen LogP) is 4.39. The molecular formula is C13H25BrN2OSi. The van der Waals surface area contributed by atoms with E-state index in [4.69, 9.17) is 4.74 Å². The van der Waals surface area contributed by atoms with Crippen LogP contribution in [0.1, 0.15) is 31.2 Å². The highest BCUT2D eigenvalue weighted by Gasteiger charge is 2.15. The molecule has 5 heteroatoms. The lowest BCUT2D eigenvalue weighted by Crippen LogP contribution is -2.22. The first-order chi connectivity index (χ1) is 8.22. The van der Waals surface area contributed by atoms with Gasteiger partial charge in [-0.1, -0.05) is 33.5 Å². The van der Waals surface area contributed by atoms with E-state index in [2.05, 4.69) is 61.4 Å². The van der Waals surface area contributed by atoms with Gasteiger partial charge in [0.1, 0.15) is 6.73 Å². The van der Waals surface area contributed by atoms with Crippen LogP contribution in [0.15, 0.2) is 4.47 Å². The SMILES string of the molecule is Cc1c(Br)c(C(C)C)nn1COCC[Si](C)(C)C. The Balaban J connectivity index is 2.56. The Morgan fingerprint density at radius 2 is 1.94 bits per heavy atom. The number of hydrogen-bond donors (Lipinski definition) is 0. The summed E-state index contributed by atoms with van der Waals surface area (Å²) in [4.78, 5) is 0. The molecule has 0 aliphatic carbocycles. The van der Waals surface area contributed by atoms with E-state index in [1.54, 1.807) is 0 Å². The molecule has 0 aromatic carbocycles. The Bertz CT molecular complexity index is 396.